The number of piperidine rings is 1. The van der Waals surface area contributed by atoms with Crippen molar-refractivity contribution in [2.75, 3.05) is 40.0 Å². The zero-order valence-electron chi connectivity index (χ0n) is 33.2. The maximum Gasteiger partial charge on any atom is 0.409 e. The van der Waals surface area contributed by atoms with Gasteiger partial charge in [-0.2, -0.15) is 0 Å². The number of likely N-dealkylation sites (tertiary alicyclic amines) is 1. The second kappa shape index (κ2) is 19.6. The Hall–Kier alpha value is -5.53. The molecule has 14 heteroatoms. The van der Waals surface area contributed by atoms with E-state index in [4.69, 9.17) is 35.5 Å². The number of rotatable bonds is 9. The molecule has 1 unspecified atom stereocenters. The van der Waals surface area contributed by atoms with Crippen LogP contribution in [0.5, 0.6) is 0 Å². The molecule has 0 spiro atoms. The van der Waals surface area contributed by atoms with E-state index < -0.39 is 22.8 Å². The fourth-order valence-electron chi connectivity index (χ4n) is 7.32. The highest BCUT2D eigenvalue weighted by molar-refractivity contribution is 6.30. The zero-order chi connectivity index (χ0) is 41.2. The third-order valence-electron chi connectivity index (χ3n) is 9.85. The number of nitro groups is 1. The van der Waals surface area contributed by atoms with Crippen molar-refractivity contribution in [2.24, 2.45) is 0 Å². The number of fused-ring (bicyclic) bond motifs is 2. The minimum atomic E-state index is -0.882. The van der Waals surface area contributed by atoms with Crippen LogP contribution in [0.4, 0.5) is 10.5 Å². The molecule has 1 saturated heterocycles. The number of nitro benzene ring substituents is 1. The van der Waals surface area contributed by atoms with E-state index in [1.54, 1.807) is 38.7 Å². The standard InChI is InChI=1S/C22H23ClN2O2.C21H26N2O7/c1-2-27-22(26)25-12-9-15(10-13-25)20-19-8-7-18(23)14-17(19)6-5-16-4-3-11-24-21(16)20;1-12(2)30-21(25)18-14(4)22-13(3)17(20(24)29-10-9-28-5)19(18)15-7-6-8-16(11-15)23(26)27/h3-4,7-8,11,14H,2,5-6,9-10,12-13H2,1H3;6-8,11-12,19,22H,9-10H2,1-5H3. The van der Waals surface area contributed by atoms with Crippen LogP contribution in [0, 0.1) is 10.1 Å². The maximum atomic E-state index is 12.9. The number of hydrogen-bond donors (Lipinski definition) is 1. The molecule has 1 atom stereocenters. The molecule has 1 aromatic heterocycles. The predicted octanol–water partition coefficient (Wildman–Crippen LogP) is 7.86. The van der Waals surface area contributed by atoms with Crippen molar-refractivity contribution in [1.82, 2.24) is 15.2 Å². The Morgan fingerprint density at radius 2 is 1.63 bits per heavy atom. The SMILES string of the molecule is CCOC(=O)N1CCC(=C2c3ccc(Cl)cc3CCc3cccnc32)CC1.COCCOC(=O)C1=C(C)NC(C)=C(C(=O)OC(C)C)C1c1cccc([N+](=O)[O-])c1. The summed E-state index contributed by atoms with van der Waals surface area (Å²) in [5.74, 6) is -2.13. The molecule has 0 saturated carbocycles. The summed E-state index contributed by atoms with van der Waals surface area (Å²) in [4.78, 5) is 55.1. The summed E-state index contributed by atoms with van der Waals surface area (Å²) in [7, 11) is 1.48. The van der Waals surface area contributed by atoms with Crippen LogP contribution in [-0.4, -0.2) is 79.0 Å². The second-order valence-corrected chi connectivity index (χ2v) is 14.5. The van der Waals surface area contributed by atoms with Gasteiger partial charge in [-0.05, 0) is 101 Å². The zero-order valence-corrected chi connectivity index (χ0v) is 33.9. The van der Waals surface area contributed by atoms with E-state index in [2.05, 4.69) is 23.5 Å². The number of dihydropyridines is 1. The number of allylic oxidation sites excluding steroid dienone is 2. The van der Waals surface area contributed by atoms with Crippen LogP contribution < -0.4 is 5.32 Å². The number of aryl methyl sites for hydroxylation is 2. The first kappa shape index (κ1) is 42.6. The Morgan fingerprint density at radius 1 is 0.930 bits per heavy atom. The highest BCUT2D eigenvalue weighted by Gasteiger charge is 2.39. The Kier molecular flexibility index (Phi) is 14.6. The summed E-state index contributed by atoms with van der Waals surface area (Å²) >= 11 is 6.27. The van der Waals surface area contributed by atoms with Gasteiger partial charge in [0.25, 0.3) is 5.69 Å². The lowest BCUT2D eigenvalue weighted by atomic mass is 9.80. The number of halogens is 1. The normalized spacial score (nSPS) is 16.4. The summed E-state index contributed by atoms with van der Waals surface area (Å²) in [6.45, 7) is 10.7. The highest BCUT2D eigenvalue weighted by atomic mass is 35.5. The molecule has 1 aliphatic carbocycles. The van der Waals surface area contributed by atoms with Crippen molar-refractivity contribution in [2.45, 2.75) is 72.3 Å². The minimum Gasteiger partial charge on any atom is -0.460 e. The van der Waals surface area contributed by atoms with E-state index in [1.165, 1.54) is 53.1 Å². The average molecular weight is 801 g/mol. The number of benzene rings is 2. The van der Waals surface area contributed by atoms with Crippen LogP contribution in [0.15, 0.2) is 88.9 Å². The lowest BCUT2D eigenvalue weighted by Gasteiger charge is -2.30. The topological polar surface area (TPSA) is 159 Å². The van der Waals surface area contributed by atoms with Crippen LogP contribution in [0.25, 0.3) is 5.57 Å². The summed E-state index contributed by atoms with van der Waals surface area (Å²) in [6.07, 6.45) is 4.87. The van der Waals surface area contributed by atoms with E-state index in [-0.39, 0.29) is 42.2 Å². The van der Waals surface area contributed by atoms with E-state index >= 15 is 0 Å². The van der Waals surface area contributed by atoms with E-state index in [0.717, 1.165) is 36.4 Å². The number of non-ortho nitro benzene ring substituents is 1. The van der Waals surface area contributed by atoms with Crippen LogP contribution in [0.1, 0.15) is 81.3 Å². The fraction of sp³-hybridized carbons (Fsp3) is 0.395. The largest absolute Gasteiger partial charge is 0.460 e. The Morgan fingerprint density at radius 3 is 2.30 bits per heavy atom. The summed E-state index contributed by atoms with van der Waals surface area (Å²) in [6, 6.07) is 16.2. The van der Waals surface area contributed by atoms with Gasteiger partial charge in [0.2, 0.25) is 0 Å². The van der Waals surface area contributed by atoms with Crippen molar-refractivity contribution >= 4 is 40.9 Å². The number of nitrogens with zero attached hydrogens (tertiary/aromatic N) is 3. The van der Waals surface area contributed by atoms with Gasteiger partial charge in [-0.3, -0.25) is 15.1 Å². The number of hydrogen-bond acceptors (Lipinski definition) is 11. The number of methoxy groups -OCH3 is 1. The lowest BCUT2D eigenvalue weighted by molar-refractivity contribution is -0.384. The molecular formula is C43H49ClN4O9. The van der Waals surface area contributed by atoms with Crippen LogP contribution >= 0.6 is 11.6 Å². The van der Waals surface area contributed by atoms with Crippen molar-refractivity contribution in [1.29, 1.82) is 0 Å². The Balaban J connectivity index is 0.000000218. The number of amides is 1. The molecule has 302 valence electrons. The van der Waals surface area contributed by atoms with Gasteiger partial charge < -0.3 is 29.2 Å². The highest BCUT2D eigenvalue weighted by Crippen LogP contribution is 2.41. The van der Waals surface area contributed by atoms with Crippen molar-refractivity contribution in [3.63, 3.8) is 0 Å². The molecule has 13 nitrogen and oxygen atoms in total. The van der Waals surface area contributed by atoms with Gasteiger partial charge in [0, 0.05) is 60.5 Å². The Labute approximate surface area is 337 Å². The van der Waals surface area contributed by atoms with E-state index in [0.29, 0.717) is 36.7 Å². The summed E-state index contributed by atoms with van der Waals surface area (Å²) < 4.78 is 20.7. The van der Waals surface area contributed by atoms with E-state index in [9.17, 15) is 24.5 Å². The minimum absolute atomic E-state index is 0.0300. The van der Waals surface area contributed by atoms with Gasteiger partial charge >= 0.3 is 18.0 Å². The average Bonchev–Trinajstić information content (AvgIpc) is 3.34. The first-order valence-corrected chi connectivity index (χ1v) is 19.4. The van der Waals surface area contributed by atoms with Crippen LogP contribution in [-0.2, 0) is 41.4 Å². The molecule has 0 bridgehead atoms. The fourth-order valence-corrected chi connectivity index (χ4v) is 7.51. The number of aromatic nitrogens is 1. The van der Waals surface area contributed by atoms with Gasteiger partial charge in [0.05, 0.1) is 47.0 Å². The van der Waals surface area contributed by atoms with Crippen LogP contribution in [0.3, 0.4) is 0 Å². The molecule has 0 radical (unpaired) electrons. The van der Waals surface area contributed by atoms with Gasteiger partial charge in [-0.15, -0.1) is 0 Å². The molecule has 2 aromatic carbocycles. The molecule has 3 aliphatic rings. The number of esters is 2. The van der Waals surface area contributed by atoms with Crippen molar-refractivity contribution in [3.8, 4) is 0 Å². The van der Waals surface area contributed by atoms with Gasteiger partial charge in [-0.25, -0.2) is 14.4 Å². The molecule has 1 fully saturated rings. The second-order valence-electron chi connectivity index (χ2n) is 14.0. The van der Waals surface area contributed by atoms with Gasteiger partial charge in [0.15, 0.2) is 0 Å². The molecule has 57 heavy (non-hydrogen) atoms. The molecule has 3 heterocycles. The van der Waals surface area contributed by atoms with Gasteiger partial charge in [-0.1, -0.05) is 41.4 Å². The number of nitrogens with one attached hydrogen (secondary N) is 1. The maximum absolute atomic E-state index is 12.9. The third-order valence-corrected chi connectivity index (χ3v) is 10.1. The number of ether oxygens (including phenoxy) is 4. The van der Waals surface area contributed by atoms with E-state index in [1.807, 2.05) is 25.3 Å². The third kappa shape index (κ3) is 10.3. The molecular weight excluding hydrogens is 752 g/mol. The number of pyridine rings is 1. The van der Waals surface area contributed by atoms with Crippen molar-refractivity contribution in [3.05, 3.63) is 132 Å². The molecule has 2 aliphatic heterocycles. The number of carbonyl (C=O) groups excluding carboxylic acids is 3. The summed E-state index contributed by atoms with van der Waals surface area (Å²) in [5, 5.41) is 15.1. The molecule has 3 aromatic rings. The molecule has 1 amide bonds. The molecule has 1 N–H and O–H groups in total. The Bertz CT molecular complexity index is 2100. The quantitative estimate of drug-likeness (QED) is 0.0738. The predicted molar refractivity (Wildman–Crippen MR) is 215 cm³/mol. The monoisotopic (exact) mass is 800 g/mol. The van der Waals surface area contributed by atoms with Gasteiger partial charge in [0.1, 0.15) is 6.61 Å². The summed E-state index contributed by atoms with van der Waals surface area (Å²) in [5.41, 5.74) is 9.12. The first-order valence-electron chi connectivity index (χ1n) is 19.0. The van der Waals surface area contributed by atoms with Crippen molar-refractivity contribution < 1.29 is 38.3 Å². The smallest absolute Gasteiger partial charge is 0.409 e. The van der Waals surface area contributed by atoms with Crippen LogP contribution in [0.2, 0.25) is 5.02 Å². The first-order chi connectivity index (χ1) is 27.3. The number of carbonyl (C=O) groups is 3. The lowest BCUT2D eigenvalue weighted by Crippen LogP contribution is -2.37. The molecule has 6 rings (SSSR count).